The molecular formula is C10H13IN2. The molecule has 3 heteroatoms. The highest BCUT2D eigenvalue weighted by Gasteiger charge is 2.17. The van der Waals surface area contributed by atoms with Crippen LogP contribution in [0.5, 0.6) is 0 Å². The number of benzene rings is 1. The van der Waals surface area contributed by atoms with E-state index in [2.05, 4.69) is 51.4 Å². The lowest BCUT2D eigenvalue weighted by Crippen LogP contribution is -2.25. The zero-order chi connectivity index (χ0) is 9.26. The second-order valence-corrected chi connectivity index (χ2v) is 4.53. The van der Waals surface area contributed by atoms with E-state index >= 15 is 0 Å². The van der Waals surface area contributed by atoms with Crippen molar-refractivity contribution < 1.29 is 0 Å². The molecule has 0 amide bonds. The second kappa shape index (κ2) is 3.84. The maximum Gasteiger partial charge on any atom is 0.0389 e. The predicted molar refractivity (Wildman–Crippen MR) is 64.1 cm³/mol. The highest BCUT2D eigenvalue weighted by Crippen LogP contribution is 2.30. The van der Waals surface area contributed by atoms with E-state index in [1.807, 2.05) is 7.05 Å². The summed E-state index contributed by atoms with van der Waals surface area (Å²) in [7, 11) is 2.03. The third-order valence-electron chi connectivity index (χ3n) is 2.49. The van der Waals surface area contributed by atoms with E-state index in [0.717, 1.165) is 6.54 Å². The van der Waals surface area contributed by atoms with Gasteiger partial charge in [-0.15, -0.1) is 0 Å². The Balaban J connectivity index is 2.41. The van der Waals surface area contributed by atoms with Crippen molar-refractivity contribution in [2.75, 3.05) is 18.9 Å². The van der Waals surface area contributed by atoms with E-state index < -0.39 is 0 Å². The lowest BCUT2D eigenvalue weighted by atomic mass is 9.98. The van der Waals surface area contributed by atoms with Gasteiger partial charge in [0.1, 0.15) is 0 Å². The Hall–Kier alpha value is -0.290. The molecule has 70 valence electrons. The first kappa shape index (κ1) is 9.27. The third-order valence-corrected chi connectivity index (χ3v) is 3.16. The first-order valence-corrected chi connectivity index (χ1v) is 5.59. The van der Waals surface area contributed by atoms with Gasteiger partial charge in [0, 0.05) is 21.8 Å². The summed E-state index contributed by atoms with van der Waals surface area (Å²) in [5.74, 6) is 0. The molecule has 1 aromatic carbocycles. The van der Waals surface area contributed by atoms with Crippen LogP contribution in [0.15, 0.2) is 18.2 Å². The minimum Gasteiger partial charge on any atom is -0.385 e. The molecule has 0 radical (unpaired) electrons. The summed E-state index contributed by atoms with van der Waals surface area (Å²) in [6.07, 6.45) is 1.17. The standard InChI is InChI=1S/C10H13IN2/c1-12-9-4-5-13-10-3-2-7(11)6-8(9)10/h2-3,6,9,12-13H,4-5H2,1H3. The van der Waals surface area contributed by atoms with Gasteiger partial charge in [0.05, 0.1) is 0 Å². The molecule has 13 heavy (non-hydrogen) atoms. The van der Waals surface area contributed by atoms with Gasteiger partial charge in [-0.2, -0.15) is 0 Å². The monoisotopic (exact) mass is 288 g/mol. The number of hydrogen-bond donors (Lipinski definition) is 2. The summed E-state index contributed by atoms with van der Waals surface area (Å²) < 4.78 is 1.31. The fourth-order valence-electron chi connectivity index (χ4n) is 1.79. The Morgan fingerprint density at radius 3 is 3.15 bits per heavy atom. The molecule has 0 bridgehead atoms. The molecule has 0 saturated carbocycles. The summed E-state index contributed by atoms with van der Waals surface area (Å²) >= 11 is 2.36. The molecule has 0 aliphatic carbocycles. The van der Waals surface area contributed by atoms with Crippen LogP contribution < -0.4 is 10.6 Å². The Labute approximate surface area is 92.2 Å². The molecule has 1 aliphatic heterocycles. The van der Waals surface area contributed by atoms with Crippen molar-refractivity contribution in [2.24, 2.45) is 0 Å². The van der Waals surface area contributed by atoms with E-state index in [9.17, 15) is 0 Å². The summed E-state index contributed by atoms with van der Waals surface area (Å²) in [6.45, 7) is 1.07. The van der Waals surface area contributed by atoms with E-state index in [4.69, 9.17) is 0 Å². The van der Waals surface area contributed by atoms with Crippen LogP contribution in [0, 0.1) is 3.57 Å². The van der Waals surface area contributed by atoms with Gasteiger partial charge in [-0.1, -0.05) is 0 Å². The smallest absolute Gasteiger partial charge is 0.0389 e. The van der Waals surface area contributed by atoms with Crippen molar-refractivity contribution in [3.05, 3.63) is 27.3 Å². The number of fused-ring (bicyclic) bond motifs is 1. The van der Waals surface area contributed by atoms with Gasteiger partial charge in [-0.25, -0.2) is 0 Å². The molecule has 0 saturated heterocycles. The molecule has 2 N–H and O–H groups in total. The fourth-order valence-corrected chi connectivity index (χ4v) is 2.30. The van der Waals surface area contributed by atoms with Gasteiger partial charge in [-0.05, 0) is 59.8 Å². The largest absolute Gasteiger partial charge is 0.385 e. The molecule has 1 atom stereocenters. The second-order valence-electron chi connectivity index (χ2n) is 3.29. The molecular weight excluding hydrogens is 275 g/mol. The SMILES string of the molecule is CNC1CCNc2ccc(I)cc21. The highest BCUT2D eigenvalue weighted by atomic mass is 127. The van der Waals surface area contributed by atoms with E-state index in [1.165, 1.54) is 21.2 Å². The zero-order valence-corrected chi connectivity index (χ0v) is 9.76. The van der Waals surface area contributed by atoms with Crippen LogP contribution in [-0.2, 0) is 0 Å². The van der Waals surface area contributed by atoms with Gasteiger partial charge in [0.2, 0.25) is 0 Å². The molecule has 0 aromatic heterocycles. The topological polar surface area (TPSA) is 24.1 Å². The molecule has 1 aliphatic rings. The van der Waals surface area contributed by atoms with E-state index in [-0.39, 0.29) is 0 Å². The zero-order valence-electron chi connectivity index (χ0n) is 7.60. The molecule has 1 unspecified atom stereocenters. The van der Waals surface area contributed by atoms with Crippen molar-refractivity contribution in [1.29, 1.82) is 0 Å². The number of rotatable bonds is 1. The molecule has 2 rings (SSSR count). The Morgan fingerprint density at radius 2 is 2.38 bits per heavy atom. The van der Waals surface area contributed by atoms with Crippen molar-refractivity contribution >= 4 is 28.3 Å². The average Bonchev–Trinajstić information content (AvgIpc) is 2.17. The van der Waals surface area contributed by atoms with Crippen LogP contribution >= 0.6 is 22.6 Å². The number of anilines is 1. The van der Waals surface area contributed by atoms with Crippen molar-refractivity contribution in [3.8, 4) is 0 Å². The average molecular weight is 288 g/mol. The van der Waals surface area contributed by atoms with Crippen molar-refractivity contribution in [3.63, 3.8) is 0 Å². The van der Waals surface area contributed by atoms with Gasteiger partial charge < -0.3 is 10.6 Å². The number of hydrogen-bond acceptors (Lipinski definition) is 2. The lowest BCUT2D eigenvalue weighted by Gasteiger charge is -2.26. The van der Waals surface area contributed by atoms with E-state index in [1.54, 1.807) is 0 Å². The maximum atomic E-state index is 3.41. The van der Waals surface area contributed by atoms with Crippen LogP contribution in [0.4, 0.5) is 5.69 Å². The van der Waals surface area contributed by atoms with Crippen LogP contribution in [-0.4, -0.2) is 13.6 Å². The van der Waals surface area contributed by atoms with Crippen LogP contribution in [0.25, 0.3) is 0 Å². The maximum absolute atomic E-state index is 3.41. The molecule has 2 nitrogen and oxygen atoms in total. The van der Waals surface area contributed by atoms with Crippen LogP contribution in [0.2, 0.25) is 0 Å². The summed E-state index contributed by atoms with van der Waals surface area (Å²) in [5.41, 5.74) is 2.69. The van der Waals surface area contributed by atoms with E-state index in [0.29, 0.717) is 6.04 Å². The fraction of sp³-hybridized carbons (Fsp3) is 0.400. The predicted octanol–water partition coefficient (Wildman–Crippen LogP) is 2.37. The molecule has 0 fully saturated rings. The van der Waals surface area contributed by atoms with Gasteiger partial charge in [0.25, 0.3) is 0 Å². The van der Waals surface area contributed by atoms with Gasteiger partial charge in [0.15, 0.2) is 0 Å². The lowest BCUT2D eigenvalue weighted by molar-refractivity contribution is 0.551. The Morgan fingerprint density at radius 1 is 1.54 bits per heavy atom. The quantitative estimate of drug-likeness (QED) is 0.775. The van der Waals surface area contributed by atoms with Crippen LogP contribution in [0.1, 0.15) is 18.0 Å². The minimum atomic E-state index is 0.519. The van der Waals surface area contributed by atoms with Gasteiger partial charge in [-0.3, -0.25) is 0 Å². The molecule has 1 aromatic rings. The Bertz CT molecular complexity index is 312. The molecule has 1 heterocycles. The normalized spacial score (nSPS) is 20.6. The van der Waals surface area contributed by atoms with Crippen LogP contribution in [0.3, 0.4) is 0 Å². The summed E-state index contributed by atoms with van der Waals surface area (Å²) in [5, 5.41) is 6.75. The van der Waals surface area contributed by atoms with Crippen molar-refractivity contribution in [1.82, 2.24) is 5.32 Å². The highest BCUT2D eigenvalue weighted by molar-refractivity contribution is 14.1. The van der Waals surface area contributed by atoms with Gasteiger partial charge >= 0.3 is 0 Å². The first-order chi connectivity index (χ1) is 6.31. The summed E-state index contributed by atoms with van der Waals surface area (Å²) in [4.78, 5) is 0. The first-order valence-electron chi connectivity index (χ1n) is 4.52. The number of nitrogens with one attached hydrogen (secondary N) is 2. The Kier molecular flexibility index (Phi) is 2.74. The summed E-state index contributed by atoms with van der Waals surface area (Å²) in [6, 6.07) is 7.08. The minimum absolute atomic E-state index is 0.519. The third kappa shape index (κ3) is 1.81. The number of halogens is 1. The molecule has 0 spiro atoms. The van der Waals surface area contributed by atoms with Crippen molar-refractivity contribution in [2.45, 2.75) is 12.5 Å².